The maximum atomic E-state index is 11.1. The van der Waals surface area contributed by atoms with Crippen LogP contribution in [-0.4, -0.2) is 10.6 Å². The molecule has 2 rings (SSSR count). The van der Waals surface area contributed by atoms with Crippen LogP contribution in [0.25, 0.3) is 10.9 Å². The average Bonchev–Trinajstić information content (AvgIpc) is 2.39. The summed E-state index contributed by atoms with van der Waals surface area (Å²) in [6.45, 7) is 1.85. The van der Waals surface area contributed by atoms with Crippen LogP contribution in [0.4, 0.5) is 4.79 Å². The number of hydrogen-bond donors (Lipinski definition) is 1. The van der Waals surface area contributed by atoms with Crippen LogP contribution in [0, 0.1) is 13.0 Å². The minimum atomic E-state index is -0.452. The number of aryl methyl sites for hydroxylation is 1. The summed E-state index contributed by atoms with van der Waals surface area (Å²) in [7, 11) is 0. The molecule has 0 aliphatic heterocycles. The van der Waals surface area contributed by atoms with E-state index < -0.39 is 6.03 Å². The van der Waals surface area contributed by atoms with Crippen molar-refractivity contribution in [1.29, 1.82) is 0 Å². The first-order valence-corrected chi connectivity index (χ1v) is 3.98. The van der Waals surface area contributed by atoms with Crippen molar-refractivity contribution < 1.29 is 4.79 Å². The summed E-state index contributed by atoms with van der Waals surface area (Å²) in [5.41, 5.74) is 6.90. The Labute approximate surface area is 75.8 Å². The molecule has 1 aromatic heterocycles. The number of nitrogens with two attached hydrogens (primary N) is 1. The number of carbonyl (C=O) groups is 1. The third-order valence-electron chi connectivity index (χ3n) is 2.05. The normalized spacial score (nSPS) is 10.5. The third-order valence-corrected chi connectivity index (χ3v) is 2.05. The molecule has 3 nitrogen and oxygen atoms in total. The molecule has 1 radical (unpaired) electrons. The molecule has 1 heterocycles. The lowest BCUT2D eigenvalue weighted by Crippen LogP contribution is -2.20. The van der Waals surface area contributed by atoms with Crippen molar-refractivity contribution in [2.45, 2.75) is 6.92 Å². The van der Waals surface area contributed by atoms with E-state index in [9.17, 15) is 4.79 Å². The van der Waals surface area contributed by atoms with Gasteiger partial charge in [0.25, 0.3) is 0 Å². The Morgan fingerprint density at radius 3 is 3.08 bits per heavy atom. The number of aromatic nitrogens is 1. The number of amides is 1. The van der Waals surface area contributed by atoms with Crippen LogP contribution in [0.1, 0.15) is 5.69 Å². The molecule has 0 saturated heterocycles. The van der Waals surface area contributed by atoms with E-state index in [0.717, 1.165) is 16.6 Å². The maximum absolute atomic E-state index is 11.1. The molecule has 0 bridgehead atoms. The van der Waals surface area contributed by atoms with Crippen LogP contribution >= 0.6 is 0 Å². The zero-order valence-corrected chi connectivity index (χ0v) is 7.24. The van der Waals surface area contributed by atoms with Gasteiger partial charge in [0, 0.05) is 11.1 Å². The summed E-state index contributed by atoms with van der Waals surface area (Å²) in [6.07, 6.45) is 0. The fraction of sp³-hybridized carbons (Fsp3) is 0.100. The summed E-state index contributed by atoms with van der Waals surface area (Å²) in [6, 6.07) is 9.86. The molecule has 2 N–H and O–H groups in total. The van der Waals surface area contributed by atoms with Gasteiger partial charge in [-0.3, -0.25) is 4.57 Å². The van der Waals surface area contributed by atoms with Gasteiger partial charge in [0.2, 0.25) is 0 Å². The monoisotopic (exact) mass is 173 g/mol. The molecule has 13 heavy (non-hydrogen) atoms. The standard InChI is InChI=1S/C10H9N2O/c1-7-6-8-4-2-3-5-9(8)12(7)10(11)13/h2,4-6H,1H3,(H2,11,13). The molecule has 65 valence electrons. The van der Waals surface area contributed by atoms with E-state index in [2.05, 4.69) is 6.07 Å². The number of fused-ring (bicyclic) bond motifs is 1. The summed E-state index contributed by atoms with van der Waals surface area (Å²) in [5, 5.41) is 1.01. The molecule has 0 spiro atoms. The van der Waals surface area contributed by atoms with Crippen LogP contribution in [-0.2, 0) is 0 Å². The Morgan fingerprint density at radius 1 is 1.62 bits per heavy atom. The molecule has 2 aromatic rings. The fourth-order valence-corrected chi connectivity index (χ4v) is 1.52. The van der Waals surface area contributed by atoms with Crippen molar-refractivity contribution in [1.82, 2.24) is 4.57 Å². The second kappa shape index (κ2) is 2.62. The van der Waals surface area contributed by atoms with Gasteiger partial charge in [-0.25, -0.2) is 4.79 Å². The first kappa shape index (κ1) is 7.86. The van der Waals surface area contributed by atoms with Gasteiger partial charge >= 0.3 is 6.03 Å². The molecule has 0 saturated carbocycles. The van der Waals surface area contributed by atoms with Crippen LogP contribution in [0.15, 0.2) is 24.3 Å². The lowest BCUT2D eigenvalue weighted by Gasteiger charge is -2.00. The highest BCUT2D eigenvalue weighted by Gasteiger charge is 2.07. The Bertz CT molecular complexity index is 471. The maximum Gasteiger partial charge on any atom is 0.323 e. The zero-order valence-electron chi connectivity index (χ0n) is 7.24. The fourth-order valence-electron chi connectivity index (χ4n) is 1.52. The van der Waals surface area contributed by atoms with Gasteiger partial charge in [-0.05, 0) is 25.1 Å². The van der Waals surface area contributed by atoms with Crippen molar-refractivity contribution in [3.63, 3.8) is 0 Å². The number of benzene rings is 1. The number of hydrogen-bond acceptors (Lipinski definition) is 1. The zero-order chi connectivity index (χ0) is 9.42. The second-order valence-electron chi connectivity index (χ2n) is 2.94. The van der Waals surface area contributed by atoms with E-state index in [1.807, 2.05) is 25.1 Å². The van der Waals surface area contributed by atoms with E-state index in [0.29, 0.717) is 0 Å². The molecule has 0 aliphatic carbocycles. The predicted octanol–water partition coefficient (Wildman–Crippen LogP) is 1.68. The topological polar surface area (TPSA) is 48.0 Å². The lowest BCUT2D eigenvalue weighted by atomic mass is 10.2. The van der Waals surface area contributed by atoms with Crippen molar-refractivity contribution in [2.75, 3.05) is 0 Å². The van der Waals surface area contributed by atoms with Gasteiger partial charge in [0.05, 0.1) is 5.52 Å². The van der Waals surface area contributed by atoms with E-state index in [1.54, 1.807) is 6.07 Å². The predicted molar refractivity (Wildman–Crippen MR) is 50.5 cm³/mol. The van der Waals surface area contributed by atoms with E-state index >= 15 is 0 Å². The quantitative estimate of drug-likeness (QED) is 0.647. The van der Waals surface area contributed by atoms with Gasteiger partial charge in [-0.1, -0.05) is 12.1 Å². The Hall–Kier alpha value is -1.77. The van der Waals surface area contributed by atoms with Gasteiger partial charge in [-0.2, -0.15) is 0 Å². The molecule has 0 aliphatic rings. The van der Waals surface area contributed by atoms with Gasteiger partial charge in [0.15, 0.2) is 0 Å². The molecule has 0 unspecified atom stereocenters. The molecular formula is C10H9N2O. The number of rotatable bonds is 0. The SMILES string of the molecule is Cc1cc2cc[c]cc2n1C(N)=O. The highest BCUT2D eigenvalue weighted by Crippen LogP contribution is 2.17. The first-order valence-electron chi connectivity index (χ1n) is 3.98. The first-order chi connectivity index (χ1) is 6.20. The smallest absolute Gasteiger partial charge is 0.323 e. The van der Waals surface area contributed by atoms with Gasteiger partial charge < -0.3 is 5.73 Å². The van der Waals surface area contributed by atoms with Crippen LogP contribution < -0.4 is 5.73 Å². The molecule has 3 heteroatoms. The van der Waals surface area contributed by atoms with E-state index in [4.69, 9.17) is 5.73 Å². The number of carbonyl (C=O) groups excluding carboxylic acids is 1. The molecule has 1 amide bonds. The van der Waals surface area contributed by atoms with Crippen molar-refractivity contribution in [3.8, 4) is 0 Å². The van der Waals surface area contributed by atoms with Crippen LogP contribution in [0.3, 0.4) is 0 Å². The number of primary amides is 1. The second-order valence-corrected chi connectivity index (χ2v) is 2.94. The largest absolute Gasteiger partial charge is 0.351 e. The summed E-state index contributed by atoms with van der Waals surface area (Å²) in [4.78, 5) is 11.1. The van der Waals surface area contributed by atoms with Gasteiger partial charge in [-0.15, -0.1) is 0 Å². The van der Waals surface area contributed by atoms with E-state index in [-0.39, 0.29) is 0 Å². The molecule has 0 fully saturated rings. The lowest BCUT2D eigenvalue weighted by molar-refractivity contribution is 0.251. The van der Waals surface area contributed by atoms with Crippen molar-refractivity contribution in [2.24, 2.45) is 5.73 Å². The highest BCUT2D eigenvalue weighted by molar-refractivity contribution is 5.92. The van der Waals surface area contributed by atoms with E-state index in [1.165, 1.54) is 4.57 Å². The number of nitrogens with zero attached hydrogens (tertiary/aromatic N) is 1. The minimum absolute atomic E-state index is 0.452. The Balaban J connectivity index is 2.86. The van der Waals surface area contributed by atoms with Crippen molar-refractivity contribution >= 4 is 16.9 Å². The summed E-state index contributed by atoms with van der Waals surface area (Å²) < 4.78 is 1.48. The highest BCUT2D eigenvalue weighted by atomic mass is 16.2. The third kappa shape index (κ3) is 1.09. The molecule has 0 atom stereocenters. The van der Waals surface area contributed by atoms with Gasteiger partial charge in [0.1, 0.15) is 0 Å². The molecule has 1 aromatic carbocycles. The molecular weight excluding hydrogens is 164 g/mol. The minimum Gasteiger partial charge on any atom is -0.351 e. The average molecular weight is 173 g/mol. The van der Waals surface area contributed by atoms with Crippen LogP contribution in [0.5, 0.6) is 0 Å². The Morgan fingerprint density at radius 2 is 2.38 bits per heavy atom. The summed E-state index contributed by atoms with van der Waals surface area (Å²) in [5.74, 6) is 0. The Kier molecular flexibility index (Phi) is 1.59. The van der Waals surface area contributed by atoms with Crippen LogP contribution in [0.2, 0.25) is 0 Å². The summed E-state index contributed by atoms with van der Waals surface area (Å²) >= 11 is 0. The van der Waals surface area contributed by atoms with Crippen molar-refractivity contribution in [3.05, 3.63) is 36.0 Å².